The molecule has 2 bridgehead atoms. The lowest BCUT2D eigenvalue weighted by Crippen LogP contribution is -2.18. The number of rotatable bonds is 0. The van der Waals surface area contributed by atoms with Crippen molar-refractivity contribution >= 4 is 5.91 Å². The molecule has 0 aliphatic heterocycles. The van der Waals surface area contributed by atoms with Crippen molar-refractivity contribution in [1.82, 2.24) is 10.0 Å². The molecular formula is C16H14N2O2. The lowest BCUT2D eigenvalue weighted by atomic mass is 9.94. The van der Waals surface area contributed by atoms with E-state index in [1.807, 2.05) is 0 Å². The van der Waals surface area contributed by atoms with Crippen LogP contribution in [0.3, 0.4) is 0 Å². The van der Waals surface area contributed by atoms with E-state index in [0.717, 1.165) is 0 Å². The van der Waals surface area contributed by atoms with E-state index in [4.69, 9.17) is 5.21 Å². The molecule has 100 valence electrons. The largest absolute Gasteiger partial charge is 0.273 e. The van der Waals surface area contributed by atoms with E-state index in [9.17, 15) is 4.79 Å². The normalized spacial score (nSPS) is 10.1. The minimum absolute atomic E-state index is 0.340. The smallest absolute Gasteiger partial charge is 0.255 e. The number of hydrogen-bond acceptors (Lipinski definition) is 3. The van der Waals surface area contributed by atoms with Crippen molar-refractivity contribution in [2.45, 2.75) is 13.3 Å². The fourth-order valence-corrected chi connectivity index (χ4v) is 1.59. The summed E-state index contributed by atoms with van der Waals surface area (Å²) in [4.78, 5) is 14.3. The quantitative estimate of drug-likeness (QED) is 0.294. The molecule has 1 aromatic heterocycles. The molecule has 2 aromatic rings. The highest BCUT2D eigenvalue weighted by molar-refractivity contribution is 5.73. The molecule has 1 heterocycles. The van der Waals surface area contributed by atoms with Crippen molar-refractivity contribution in [2.24, 2.45) is 0 Å². The van der Waals surface area contributed by atoms with Crippen molar-refractivity contribution in [3.63, 3.8) is 0 Å². The maximum Gasteiger partial charge on any atom is 0.255 e. The Morgan fingerprint density at radius 1 is 1.30 bits per heavy atom. The van der Waals surface area contributed by atoms with Crippen LogP contribution < -0.4 is 0 Å². The molecule has 2 aliphatic rings. The maximum atomic E-state index is 10.5. The Hall–Kier alpha value is -2.64. The molecule has 0 unspecified atom stereocenters. The lowest BCUT2D eigenvalue weighted by molar-refractivity contribution is -0.149. The van der Waals surface area contributed by atoms with Crippen molar-refractivity contribution in [1.29, 1.82) is 0 Å². The van der Waals surface area contributed by atoms with Gasteiger partial charge < -0.3 is 0 Å². The molecule has 20 heavy (non-hydrogen) atoms. The van der Waals surface area contributed by atoms with Crippen LogP contribution in [0.15, 0.2) is 48.8 Å². The molecule has 4 rings (SSSR count). The number of aromatic nitrogens is 1. The van der Waals surface area contributed by atoms with Gasteiger partial charge in [0.1, 0.15) is 0 Å². The Bertz CT molecular complexity index is 632. The zero-order valence-electron chi connectivity index (χ0n) is 11.1. The first-order chi connectivity index (χ1) is 9.65. The molecule has 1 N–H and O–H groups in total. The summed E-state index contributed by atoms with van der Waals surface area (Å²) in [6.45, 7) is 1.22. The second-order valence-corrected chi connectivity index (χ2v) is 4.31. The molecular weight excluding hydrogens is 252 g/mol. The van der Waals surface area contributed by atoms with E-state index in [2.05, 4.69) is 41.2 Å². The monoisotopic (exact) mass is 266 g/mol. The molecule has 4 heteroatoms. The SMILES string of the molecule is CC(=O)N(O)C#Cc1cccnc1.c1cc2cc(c1)C2. The molecule has 4 nitrogen and oxygen atoms in total. The summed E-state index contributed by atoms with van der Waals surface area (Å²) < 4.78 is 0. The minimum Gasteiger partial charge on any atom is -0.273 e. The van der Waals surface area contributed by atoms with Gasteiger partial charge in [0.05, 0.1) is 0 Å². The number of nitrogens with zero attached hydrogens (tertiary/aromatic N) is 2. The second kappa shape index (κ2) is 6.50. The van der Waals surface area contributed by atoms with Crippen LogP contribution in [0.4, 0.5) is 0 Å². The van der Waals surface area contributed by atoms with Gasteiger partial charge in [-0.2, -0.15) is 0 Å². The number of hydroxylamine groups is 2. The molecule has 0 spiro atoms. The molecule has 2 aliphatic carbocycles. The van der Waals surface area contributed by atoms with Crippen LogP contribution in [-0.4, -0.2) is 21.2 Å². The van der Waals surface area contributed by atoms with Crippen molar-refractivity contribution in [3.8, 4) is 12.0 Å². The highest BCUT2D eigenvalue weighted by Crippen LogP contribution is 2.18. The van der Waals surface area contributed by atoms with Crippen LogP contribution in [0.1, 0.15) is 23.6 Å². The van der Waals surface area contributed by atoms with Crippen molar-refractivity contribution in [2.75, 3.05) is 0 Å². The second-order valence-electron chi connectivity index (χ2n) is 4.31. The number of benzene rings is 1. The number of hydrogen-bond donors (Lipinski definition) is 1. The highest BCUT2D eigenvalue weighted by Gasteiger charge is 2.04. The summed E-state index contributed by atoms with van der Waals surface area (Å²) in [6.07, 6.45) is 4.38. The van der Waals surface area contributed by atoms with Crippen molar-refractivity contribution in [3.05, 3.63) is 65.5 Å². The first-order valence-electron chi connectivity index (χ1n) is 6.14. The fourth-order valence-electron chi connectivity index (χ4n) is 1.59. The summed E-state index contributed by atoms with van der Waals surface area (Å²) in [5.41, 5.74) is 3.61. The molecule has 1 amide bonds. The van der Waals surface area contributed by atoms with Crippen LogP contribution in [-0.2, 0) is 11.2 Å². The van der Waals surface area contributed by atoms with Gasteiger partial charge in [-0.15, -0.1) is 5.06 Å². The van der Waals surface area contributed by atoms with Crippen LogP contribution in [0.2, 0.25) is 0 Å². The number of fused-ring (bicyclic) bond motifs is 2. The summed E-state index contributed by atoms with van der Waals surface area (Å²) in [6, 6.07) is 14.3. The summed E-state index contributed by atoms with van der Waals surface area (Å²) >= 11 is 0. The third-order valence-corrected chi connectivity index (χ3v) is 2.67. The molecule has 0 saturated heterocycles. The van der Waals surface area contributed by atoms with Gasteiger partial charge in [-0.3, -0.25) is 15.0 Å². The first-order valence-corrected chi connectivity index (χ1v) is 6.14. The van der Waals surface area contributed by atoms with Crippen LogP contribution >= 0.6 is 0 Å². The van der Waals surface area contributed by atoms with Gasteiger partial charge in [0.2, 0.25) is 0 Å². The Labute approximate surface area is 117 Å². The van der Waals surface area contributed by atoms with E-state index in [1.54, 1.807) is 24.5 Å². The van der Waals surface area contributed by atoms with Gasteiger partial charge in [-0.25, -0.2) is 0 Å². The highest BCUT2D eigenvalue weighted by atomic mass is 16.5. The summed E-state index contributed by atoms with van der Waals surface area (Å²) in [7, 11) is 0. The third kappa shape index (κ3) is 3.94. The Morgan fingerprint density at radius 2 is 2.00 bits per heavy atom. The molecule has 0 radical (unpaired) electrons. The lowest BCUT2D eigenvalue weighted by Gasteiger charge is -2.11. The summed E-state index contributed by atoms with van der Waals surface area (Å²) in [5, 5.41) is 9.22. The van der Waals surface area contributed by atoms with Crippen LogP contribution in [0.5, 0.6) is 0 Å². The summed E-state index contributed by atoms with van der Waals surface area (Å²) in [5.74, 6) is 2.05. The molecule has 0 atom stereocenters. The van der Waals surface area contributed by atoms with E-state index < -0.39 is 5.91 Å². The van der Waals surface area contributed by atoms with Gasteiger partial charge in [0.15, 0.2) is 0 Å². The van der Waals surface area contributed by atoms with E-state index >= 15 is 0 Å². The van der Waals surface area contributed by atoms with Crippen molar-refractivity contribution < 1.29 is 10.0 Å². The predicted molar refractivity (Wildman–Crippen MR) is 74.7 cm³/mol. The number of pyridine rings is 1. The average molecular weight is 266 g/mol. The van der Waals surface area contributed by atoms with E-state index in [0.29, 0.717) is 10.6 Å². The Balaban J connectivity index is 0.000000173. The van der Waals surface area contributed by atoms with Gasteiger partial charge >= 0.3 is 0 Å². The zero-order chi connectivity index (χ0) is 14.4. The molecule has 1 aromatic carbocycles. The zero-order valence-corrected chi connectivity index (χ0v) is 11.1. The van der Waals surface area contributed by atoms with E-state index in [-0.39, 0.29) is 0 Å². The minimum atomic E-state index is -0.517. The van der Waals surface area contributed by atoms with Crippen LogP contribution in [0, 0.1) is 12.0 Å². The average Bonchev–Trinajstić information content (AvgIpc) is 2.46. The Kier molecular flexibility index (Phi) is 4.48. The van der Waals surface area contributed by atoms with Gasteiger partial charge in [-0.1, -0.05) is 24.3 Å². The molecule has 0 fully saturated rings. The van der Waals surface area contributed by atoms with Gasteiger partial charge in [0, 0.05) is 30.9 Å². The topological polar surface area (TPSA) is 53.4 Å². The van der Waals surface area contributed by atoms with E-state index in [1.165, 1.54) is 24.5 Å². The standard InChI is InChI=1S/C9H8N2O2.C7H6/c1-8(12)11(13)6-4-9-3-2-5-10-7-9;1-2-6-4-7(3-1)5-6/h2-3,5,7,13H,1H3;1-4H,5H2. The fraction of sp³-hybridized carbons (Fsp3) is 0.125. The number of carbonyl (C=O) groups is 1. The predicted octanol–water partition coefficient (Wildman–Crippen LogP) is 2.22. The number of carbonyl (C=O) groups excluding carboxylic acids is 1. The molecule has 0 saturated carbocycles. The first kappa shape index (κ1) is 13.8. The van der Waals surface area contributed by atoms with Gasteiger partial charge in [-0.05, 0) is 35.6 Å². The third-order valence-electron chi connectivity index (χ3n) is 2.67. The van der Waals surface area contributed by atoms with Gasteiger partial charge in [0.25, 0.3) is 5.91 Å². The maximum absolute atomic E-state index is 10.5. The Morgan fingerprint density at radius 3 is 2.40 bits per heavy atom. The number of amides is 1. The van der Waals surface area contributed by atoms with Crippen LogP contribution in [0.25, 0.3) is 0 Å².